The van der Waals surface area contributed by atoms with E-state index in [4.69, 9.17) is 10.3 Å². The maximum absolute atomic E-state index is 12.0. The number of rotatable bonds is 4. The van der Waals surface area contributed by atoms with Crippen molar-refractivity contribution in [3.63, 3.8) is 0 Å². The highest BCUT2D eigenvalue weighted by molar-refractivity contribution is 5.91. The monoisotopic (exact) mass is 266 g/mol. The molecule has 106 valence electrons. The number of nitrogens with one attached hydrogen (secondary N) is 1. The molecule has 3 N–H and O–H groups in total. The van der Waals surface area contributed by atoms with Crippen LogP contribution in [0.2, 0.25) is 0 Å². The zero-order chi connectivity index (χ0) is 13.8. The topological polar surface area (TPSA) is 84.4 Å². The summed E-state index contributed by atoms with van der Waals surface area (Å²) in [5.74, 6) is 1.08. The summed E-state index contributed by atoms with van der Waals surface area (Å²) in [6.45, 7) is 4.89. The second-order valence-electron chi connectivity index (χ2n) is 5.21. The van der Waals surface area contributed by atoms with E-state index in [1.165, 1.54) is 6.42 Å². The van der Waals surface area contributed by atoms with Gasteiger partial charge < -0.3 is 15.6 Å². The van der Waals surface area contributed by atoms with Gasteiger partial charge in [0.2, 0.25) is 5.91 Å². The first kappa shape index (κ1) is 14.0. The SMILES string of the molecule is Cc1cc(NC(=O)CN2C(C)CCCC2CN)no1. The Kier molecular flexibility index (Phi) is 4.55. The minimum atomic E-state index is -0.0690. The van der Waals surface area contributed by atoms with Crippen LogP contribution in [0.25, 0.3) is 0 Å². The molecule has 1 saturated heterocycles. The van der Waals surface area contributed by atoms with Crippen molar-refractivity contribution < 1.29 is 9.32 Å². The Hall–Kier alpha value is -1.40. The summed E-state index contributed by atoms with van der Waals surface area (Å²) < 4.78 is 4.92. The maximum atomic E-state index is 12.0. The van der Waals surface area contributed by atoms with E-state index in [-0.39, 0.29) is 5.91 Å². The number of aromatic nitrogens is 1. The molecular formula is C13H22N4O2. The van der Waals surface area contributed by atoms with Crippen LogP contribution in [0.15, 0.2) is 10.6 Å². The van der Waals surface area contributed by atoms with Gasteiger partial charge in [0, 0.05) is 24.7 Å². The van der Waals surface area contributed by atoms with Crippen molar-refractivity contribution in [3.8, 4) is 0 Å². The number of carbonyl (C=O) groups is 1. The van der Waals surface area contributed by atoms with Crippen LogP contribution >= 0.6 is 0 Å². The minimum Gasteiger partial charge on any atom is -0.360 e. The number of hydrogen-bond acceptors (Lipinski definition) is 5. The molecule has 2 atom stereocenters. The van der Waals surface area contributed by atoms with Gasteiger partial charge in [0.1, 0.15) is 5.76 Å². The Morgan fingerprint density at radius 3 is 3.05 bits per heavy atom. The van der Waals surface area contributed by atoms with Crippen LogP contribution in [0.4, 0.5) is 5.82 Å². The first-order chi connectivity index (χ1) is 9.10. The Balaban J connectivity index is 1.92. The van der Waals surface area contributed by atoms with Gasteiger partial charge in [0.25, 0.3) is 0 Å². The molecule has 6 heteroatoms. The van der Waals surface area contributed by atoms with Crippen LogP contribution in [0.3, 0.4) is 0 Å². The van der Waals surface area contributed by atoms with Gasteiger partial charge in [-0.3, -0.25) is 9.69 Å². The van der Waals surface area contributed by atoms with E-state index in [0.717, 1.165) is 12.8 Å². The number of likely N-dealkylation sites (tertiary alicyclic amines) is 1. The van der Waals surface area contributed by atoms with Gasteiger partial charge in [0.15, 0.2) is 5.82 Å². The van der Waals surface area contributed by atoms with Crippen LogP contribution in [-0.4, -0.2) is 41.1 Å². The molecule has 0 aliphatic carbocycles. The number of carbonyl (C=O) groups excluding carboxylic acids is 1. The number of piperidine rings is 1. The molecule has 1 aromatic heterocycles. The lowest BCUT2D eigenvalue weighted by Gasteiger charge is -2.39. The van der Waals surface area contributed by atoms with Gasteiger partial charge in [-0.1, -0.05) is 11.6 Å². The number of hydrogen-bond donors (Lipinski definition) is 2. The highest BCUT2D eigenvalue weighted by atomic mass is 16.5. The number of nitrogens with zero attached hydrogens (tertiary/aromatic N) is 2. The summed E-state index contributed by atoms with van der Waals surface area (Å²) in [6, 6.07) is 2.40. The zero-order valence-electron chi connectivity index (χ0n) is 11.6. The Morgan fingerprint density at radius 2 is 2.42 bits per heavy atom. The molecule has 2 heterocycles. The third-order valence-corrected chi connectivity index (χ3v) is 3.69. The van der Waals surface area contributed by atoms with Crippen LogP contribution in [-0.2, 0) is 4.79 Å². The molecule has 6 nitrogen and oxygen atoms in total. The Labute approximate surface area is 113 Å². The molecule has 0 radical (unpaired) electrons. The number of aryl methyl sites for hydroxylation is 1. The van der Waals surface area contributed by atoms with Gasteiger partial charge in [-0.25, -0.2) is 0 Å². The molecule has 0 spiro atoms. The van der Waals surface area contributed by atoms with Crippen molar-refractivity contribution in [2.75, 3.05) is 18.4 Å². The second kappa shape index (κ2) is 6.16. The van der Waals surface area contributed by atoms with E-state index in [1.807, 2.05) is 0 Å². The first-order valence-corrected chi connectivity index (χ1v) is 6.79. The third-order valence-electron chi connectivity index (χ3n) is 3.69. The lowest BCUT2D eigenvalue weighted by Crippen LogP contribution is -2.51. The van der Waals surface area contributed by atoms with Crippen molar-refractivity contribution in [1.82, 2.24) is 10.1 Å². The minimum absolute atomic E-state index is 0.0690. The summed E-state index contributed by atoms with van der Waals surface area (Å²) in [7, 11) is 0. The molecule has 1 aliphatic rings. The molecule has 1 aromatic rings. The van der Waals surface area contributed by atoms with E-state index < -0.39 is 0 Å². The lowest BCUT2D eigenvalue weighted by molar-refractivity contribution is -0.119. The molecule has 19 heavy (non-hydrogen) atoms. The summed E-state index contributed by atoms with van der Waals surface area (Å²) in [5.41, 5.74) is 5.79. The highest BCUT2D eigenvalue weighted by Gasteiger charge is 2.28. The van der Waals surface area contributed by atoms with Crippen molar-refractivity contribution in [1.29, 1.82) is 0 Å². The van der Waals surface area contributed by atoms with Crippen molar-refractivity contribution in [2.24, 2.45) is 5.73 Å². The van der Waals surface area contributed by atoms with E-state index in [0.29, 0.717) is 36.8 Å². The van der Waals surface area contributed by atoms with Gasteiger partial charge in [0.05, 0.1) is 6.54 Å². The highest BCUT2D eigenvalue weighted by Crippen LogP contribution is 2.21. The maximum Gasteiger partial charge on any atom is 0.239 e. The van der Waals surface area contributed by atoms with Crippen LogP contribution < -0.4 is 11.1 Å². The van der Waals surface area contributed by atoms with Gasteiger partial charge >= 0.3 is 0 Å². The molecule has 2 rings (SSSR count). The second-order valence-corrected chi connectivity index (χ2v) is 5.21. The summed E-state index contributed by atoms with van der Waals surface area (Å²) in [5, 5.41) is 6.51. The van der Waals surface area contributed by atoms with Gasteiger partial charge in [-0.2, -0.15) is 0 Å². The molecule has 1 amide bonds. The number of nitrogens with two attached hydrogens (primary N) is 1. The summed E-state index contributed by atoms with van der Waals surface area (Å²) >= 11 is 0. The largest absolute Gasteiger partial charge is 0.360 e. The normalized spacial score (nSPS) is 24.4. The molecule has 0 bridgehead atoms. The lowest BCUT2D eigenvalue weighted by atomic mass is 9.96. The van der Waals surface area contributed by atoms with Crippen molar-refractivity contribution in [2.45, 2.75) is 45.2 Å². The third kappa shape index (κ3) is 3.54. The number of anilines is 1. The molecule has 2 unspecified atom stereocenters. The predicted molar refractivity (Wildman–Crippen MR) is 72.7 cm³/mol. The molecule has 0 aromatic carbocycles. The molecule has 0 saturated carbocycles. The zero-order valence-corrected chi connectivity index (χ0v) is 11.6. The Bertz CT molecular complexity index is 432. The fourth-order valence-electron chi connectivity index (χ4n) is 2.65. The average Bonchev–Trinajstić information content (AvgIpc) is 2.77. The smallest absolute Gasteiger partial charge is 0.239 e. The van der Waals surface area contributed by atoms with Crippen molar-refractivity contribution in [3.05, 3.63) is 11.8 Å². The van der Waals surface area contributed by atoms with Crippen LogP contribution in [0.5, 0.6) is 0 Å². The van der Waals surface area contributed by atoms with E-state index in [2.05, 4.69) is 22.3 Å². The molecule has 1 fully saturated rings. The molecule has 1 aliphatic heterocycles. The standard InChI is InChI=1S/C13H22N4O2/c1-9-4-3-5-11(7-14)17(9)8-13(18)15-12-6-10(2)19-16-12/h6,9,11H,3-5,7-8,14H2,1-2H3,(H,15,16,18). The molecular weight excluding hydrogens is 244 g/mol. The fraction of sp³-hybridized carbons (Fsp3) is 0.692. The first-order valence-electron chi connectivity index (χ1n) is 6.79. The van der Waals surface area contributed by atoms with Gasteiger partial charge in [-0.05, 0) is 26.7 Å². The predicted octanol–water partition coefficient (Wildman–Crippen LogP) is 1.12. The van der Waals surface area contributed by atoms with E-state index in [9.17, 15) is 4.79 Å². The quantitative estimate of drug-likeness (QED) is 0.853. The summed E-state index contributed by atoms with van der Waals surface area (Å²) in [6.07, 6.45) is 3.37. The summed E-state index contributed by atoms with van der Waals surface area (Å²) in [4.78, 5) is 14.2. The number of amides is 1. The van der Waals surface area contributed by atoms with Crippen LogP contribution in [0.1, 0.15) is 31.9 Å². The van der Waals surface area contributed by atoms with E-state index in [1.54, 1.807) is 13.0 Å². The van der Waals surface area contributed by atoms with Gasteiger partial charge in [-0.15, -0.1) is 0 Å². The van der Waals surface area contributed by atoms with Crippen LogP contribution in [0, 0.1) is 6.92 Å². The van der Waals surface area contributed by atoms with Crippen molar-refractivity contribution >= 4 is 11.7 Å². The Morgan fingerprint density at radius 1 is 1.63 bits per heavy atom. The average molecular weight is 266 g/mol. The fourth-order valence-corrected chi connectivity index (χ4v) is 2.65. The van der Waals surface area contributed by atoms with E-state index >= 15 is 0 Å².